The Bertz CT molecular complexity index is 571. The molecule has 40 heavy (non-hydrogen) atoms. The summed E-state index contributed by atoms with van der Waals surface area (Å²) in [6.45, 7) is 4.03. The van der Waals surface area contributed by atoms with Gasteiger partial charge in [0.15, 0.2) is 0 Å². The van der Waals surface area contributed by atoms with Gasteiger partial charge in [0.2, 0.25) is 5.91 Å². The Kier molecular flexibility index (Phi) is 28.8. The maximum atomic E-state index is 12.3. The van der Waals surface area contributed by atoms with Crippen molar-refractivity contribution < 1.29 is 25.2 Å². The molecular weight excluding hydrogens is 502 g/mol. The summed E-state index contributed by atoms with van der Waals surface area (Å²) < 4.78 is 0. The average molecular weight is 570 g/mol. The largest absolute Gasteiger partial charge is 0.394 e. The molecule has 0 saturated heterocycles. The Labute approximate surface area is 247 Å². The van der Waals surface area contributed by atoms with Crippen molar-refractivity contribution in [3.63, 3.8) is 0 Å². The second-order valence-electron chi connectivity index (χ2n) is 11.9. The summed E-state index contributed by atoms with van der Waals surface area (Å²) in [5.41, 5.74) is 0. The lowest BCUT2D eigenvalue weighted by Gasteiger charge is -2.22. The minimum Gasteiger partial charge on any atom is -0.394 e. The van der Waals surface area contributed by atoms with Crippen LogP contribution in [-0.4, -0.2) is 57.3 Å². The number of hydrogen-bond donors (Lipinski definition) is 5. The molecule has 1 amide bonds. The van der Waals surface area contributed by atoms with E-state index < -0.39 is 36.9 Å². The molecule has 0 aliphatic rings. The Morgan fingerprint density at radius 2 is 0.950 bits per heavy atom. The minimum atomic E-state index is -1.14. The van der Waals surface area contributed by atoms with Crippen LogP contribution in [0.5, 0.6) is 0 Å². The highest BCUT2D eigenvalue weighted by Gasteiger charge is 2.22. The molecule has 0 aromatic rings. The van der Waals surface area contributed by atoms with Crippen LogP contribution in [0.2, 0.25) is 0 Å². The molecule has 0 aromatic heterocycles. The van der Waals surface area contributed by atoms with Crippen LogP contribution in [0.1, 0.15) is 168 Å². The van der Waals surface area contributed by atoms with E-state index in [1.807, 2.05) is 0 Å². The first-order chi connectivity index (χ1) is 19.5. The Morgan fingerprint density at radius 1 is 0.575 bits per heavy atom. The van der Waals surface area contributed by atoms with Gasteiger partial charge in [-0.25, -0.2) is 0 Å². The van der Waals surface area contributed by atoms with Gasteiger partial charge in [-0.3, -0.25) is 4.79 Å². The fourth-order valence-electron chi connectivity index (χ4n) is 5.14. The predicted octanol–water partition coefficient (Wildman–Crippen LogP) is 7.50. The van der Waals surface area contributed by atoms with Crippen molar-refractivity contribution in [3.05, 3.63) is 12.2 Å². The lowest BCUT2D eigenvalue weighted by atomic mass is 10.0. The summed E-state index contributed by atoms with van der Waals surface area (Å²) in [5.74, 6) is -0.569. The SMILES string of the molecule is CCCCCCCCCCCCCCC(O)C(=O)N[C@@H](CO)[C@H](O)/C=C/[C@H](O)CCCCCCCCCCCC. The summed E-state index contributed by atoms with van der Waals surface area (Å²) in [7, 11) is 0. The number of hydrogen-bond acceptors (Lipinski definition) is 5. The molecule has 0 aliphatic heterocycles. The summed E-state index contributed by atoms with van der Waals surface area (Å²) in [6.07, 6.45) is 28.1. The molecule has 0 aromatic carbocycles. The predicted molar refractivity (Wildman–Crippen MR) is 168 cm³/mol. The molecule has 0 fully saturated rings. The summed E-state index contributed by atoms with van der Waals surface area (Å²) in [5, 5.41) is 43.0. The highest BCUT2D eigenvalue weighted by Crippen LogP contribution is 2.14. The third-order valence-electron chi connectivity index (χ3n) is 7.95. The number of rotatable bonds is 30. The van der Waals surface area contributed by atoms with Crippen molar-refractivity contribution in [2.45, 2.75) is 192 Å². The second kappa shape index (κ2) is 29.5. The lowest BCUT2D eigenvalue weighted by Crippen LogP contribution is -2.48. The van der Waals surface area contributed by atoms with E-state index in [0.29, 0.717) is 12.8 Å². The van der Waals surface area contributed by atoms with Gasteiger partial charge in [-0.1, -0.05) is 167 Å². The summed E-state index contributed by atoms with van der Waals surface area (Å²) >= 11 is 0. The van der Waals surface area contributed by atoms with E-state index in [2.05, 4.69) is 19.2 Å². The van der Waals surface area contributed by atoms with Gasteiger partial charge in [-0.2, -0.15) is 0 Å². The molecular formula is C34H67NO5. The number of carbonyl (C=O) groups excluding carboxylic acids is 1. The molecule has 6 nitrogen and oxygen atoms in total. The van der Waals surface area contributed by atoms with E-state index >= 15 is 0 Å². The monoisotopic (exact) mass is 570 g/mol. The number of aliphatic hydroxyl groups is 4. The molecule has 6 heteroatoms. The highest BCUT2D eigenvalue weighted by atomic mass is 16.3. The van der Waals surface area contributed by atoms with Crippen LogP contribution in [-0.2, 0) is 4.79 Å². The summed E-state index contributed by atoms with van der Waals surface area (Å²) in [4.78, 5) is 12.3. The standard InChI is InChI=1S/C34H67NO5/c1-3-5-7-9-11-13-15-16-18-20-22-24-26-33(39)34(40)35-31(29-36)32(38)28-27-30(37)25-23-21-19-17-14-12-10-8-6-4-2/h27-28,30-33,36-39H,3-26,29H2,1-2H3,(H,35,40)/b28-27+/t30-,31+,32-,33?/m1/s1. The van der Waals surface area contributed by atoms with Gasteiger partial charge < -0.3 is 25.7 Å². The van der Waals surface area contributed by atoms with Crippen molar-refractivity contribution in [3.8, 4) is 0 Å². The van der Waals surface area contributed by atoms with Gasteiger partial charge in [0, 0.05) is 0 Å². The Balaban J connectivity index is 3.91. The minimum absolute atomic E-state index is 0.380. The molecule has 0 radical (unpaired) electrons. The van der Waals surface area contributed by atoms with E-state index in [1.165, 1.54) is 121 Å². The first kappa shape index (κ1) is 39.0. The zero-order valence-corrected chi connectivity index (χ0v) is 26.3. The quantitative estimate of drug-likeness (QED) is 0.0454. The van der Waals surface area contributed by atoms with Crippen molar-refractivity contribution in [2.24, 2.45) is 0 Å². The van der Waals surface area contributed by atoms with Crippen LogP contribution >= 0.6 is 0 Å². The first-order valence-corrected chi connectivity index (χ1v) is 17.1. The van der Waals surface area contributed by atoms with Crippen LogP contribution in [0.4, 0.5) is 0 Å². The average Bonchev–Trinajstić information content (AvgIpc) is 2.95. The number of aliphatic hydroxyl groups excluding tert-OH is 4. The van der Waals surface area contributed by atoms with Gasteiger partial charge in [-0.15, -0.1) is 0 Å². The zero-order valence-electron chi connectivity index (χ0n) is 26.3. The van der Waals surface area contributed by atoms with Crippen LogP contribution in [0, 0.1) is 0 Å². The van der Waals surface area contributed by atoms with Gasteiger partial charge >= 0.3 is 0 Å². The molecule has 0 saturated carbocycles. The normalized spacial score (nSPS) is 14.8. The van der Waals surface area contributed by atoms with E-state index in [-0.39, 0.29) is 0 Å². The number of carbonyl (C=O) groups is 1. The number of unbranched alkanes of at least 4 members (excludes halogenated alkanes) is 20. The third-order valence-corrected chi connectivity index (χ3v) is 7.95. The smallest absolute Gasteiger partial charge is 0.249 e. The van der Waals surface area contributed by atoms with Gasteiger partial charge in [0.1, 0.15) is 6.10 Å². The van der Waals surface area contributed by atoms with Crippen LogP contribution < -0.4 is 5.32 Å². The number of nitrogens with one attached hydrogen (secondary N) is 1. The molecule has 0 heterocycles. The van der Waals surface area contributed by atoms with E-state index in [1.54, 1.807) is 0 Å². The third kappa shape index (κ3) is 24.8. The van der Waals surface area contributed by atoms with E-state index in [9.17, 15) is 25.2 Å². The first-order valence-electron chi connectivity index (χ1n) is 17.1. The van der Waals surface area contributed by atoms with E-state index in [0.717, 1.165) is 32.1 Å². The molecule has 5 N–H and O–H groups in total. The maximum absolute atomic E-state index is 12.3. The van der Waals surface area contributed by atoms with Crippen LogP contribution in [0.15, 0.2) is 12.2 Å². The van der Waals surface area contributed by atoms with Crippen molar-refractivity contribution in [1.29, 1.82) is 0 Å². The molecule has 1 unspecified atom stereocenters. The van der Waals surface area contributed by atoms with Gasteiger partial charge in [-0.05, 0) is 12.8 Å². The molecule has 0 spiro atoms. The lowest BCUT2D eigenvalue weighted by molar-refractivity contribution is -0.131. The fraction of sp³-hybridized carbons (Fsp3) is 0.912. The van der Waals surface area contributed by atoms with Crippen molar-refractivity contribution in [2.75, 3.05) is 6.61 Å². The molecule has 0 bridgehead atoms. The molecule has 238 valence electrons. The van der Waals surface area contributed by atoms with Crippen LogP contribution in [0.25, 0.3) is 0 Å². The number of amides is 1. The zero-order chi connectivity index (χ0) is 29.7. The molecule has 0 aliphatic carbocycles. The maximum Gasteiger partial charge on any atom is 0.249 e. The fourth-order valence-corrected chi connectivity index (χ4v) is 5.14. The highest BCUT2D eigenvalue weighted by molar-refractivity contribution is 5.80. The Hall–Kier alpha value is -0.950. The van der Waals surface area contributed by atoms with Crippen LogP contribution in [0.3, 0.4) is 0 Å². The second-order valence-corrected chi connectivity index (χ2v) is 11.9. The van der Waals surface area contributed by atoms with Crippen molar-refractivity contribution >= 4 is 5.91 Å². The van der Waals surface area contributed by atoms with Crippen molar-refractivity contribution in [1.82, 2.24) is 5.32 Å². The van der Waals surface area contributed by atoms with Gasteiger partial charge in [0.25, 0.3) is 0 Å². The van der Waals surface area contributed by atoms with Gasteiger partial charge in [0.05, 0.1) is 24.9 Å². The Morgan fingerprint density at radius 3 is 1.35 bits per heavy atom. The summed E-state index contributed by atoms with van der Waals surface area (Å²) in [6, 6.07) is -0.912. The molecule has 0 rings (SSSR count). The van der Waals surface area contributed by atoms with E-state index in [4.69, 9.17) is 0 Å². The topological polar surface area (TPSA) is 110 Å². The molecule has 4 atom stereocenters.